The number of aromatic nitrogens is 3. The molecular formula is C20H21N5O4. The Morgan fingerprint density at radius 3 is 2.72 bits per heavy atom. The van der Waals surface area contributed by atoms with Gasteiger partial charge in [0.2, 0.25) is 11.8 Å². The zero-order chi connectivity index (χ0) is 20.4. The summed E-state index contributed by atoms with van der Waals surface area (Å²) in [7, 11) is 0. The number of para-hydroxylation sites is 1. The van der Waals surface area contributed by atoms with E-state index >= 15 is 0 Å². The molecule has 1 aliphatic rings. The Morgan fingerprint density at radius 2 is 2.00 bits per heavy atom. The lowest BCUT2D eigenvalue weighted by Crippen LogP contribution is -2.43. The first-order valence-electron chi connectivity index (χ1n) is 9.47. The standard InChI is InChI=1S/C20H21N5O4/c1-13-10-17(23-29-13)22-19(27)14-6-8-24(9-7-14)18(26)11-25-12-21-16-5-3-2-4-15(16)20(25)28/h2-5,10,12,14H,6-9,11H2,1H3,(H,22,23,27). The molecule has 0 saturated carbocycles. The lowest BCUT2D eigenvalue weighted by Gasteiger charge is -2.31. The minimum atomic E-state index is -0.235. The molecule has 1 N–H and O–H groups in total. The van der Waals surface area contributed by atoms with Gasteiger partial charge in [-0.1, -0.05) is 17.3 Å². The summed E-state index contributed by atoms with van der Waals surface area (Å²) in [6.45, 7) is 2.62. The van der Waals surface area contributed by atoms with Crippen molar-refractivity contribution in [3.63, 3.8) is 0 Å². The molecule has 0 spiro atoms. The Labute approximate surface area is 166 Å². The second kappa shape index (κ2) is 7.86. The van der Waals surface area contributed by atoms with Crippen molar-refractivity contribution in [1.29, 1.82) is 0 Å². The van der Waals surface area contributed by atoms with Crippen LogP contribution in [-0.2, 0) is 16.1 Å². The van der Waals surface area contributed by atoms with Gasteiger partial charge in [0, 0.05) is 25.1 Å². The summed E-state index contributed by atoms with van der Waals surface area (Å²) in [5, 5.41) is 6.99. The molecule has 1 saturated heterocycles. The largest absolute Gasteiger partial charge is 0.360 e. The number of aryl methyl sites for hydroxylation is 1. The van der Waals surface area contributed by atoms with E-state index in [2.05, 4.69) is 15.5 Å². The zero-order valence-corrected chi connectivity index (χ0v) is 16.0. The van der Waals surface area contributed by atoms with Crippen molar-refractivity contribution in [2.75, 3.05) is 18.4 Å². The maximum absolute atomic E-state index is 12.6. The predicted molar refractivity (Wildman–Crippen MR) is 105 cm³/mol. The molecule has 1 aromatic carbocycles. The van der Waals surface area contributed by atoms with Crippen LogP contribution in [0, 0.1) is 12.8 Å². The van der Waals surface area contributed by atoms with Gasteiger partial charge in [-0.3, -0.25) is 19.0 Å². The molecule has 3 aromatic rings. The first kappa shape index (κ1) is 18.9. The van der Waals surface area contributed by atoms with Crippen LogP contribution in [0.3, 0.4) is 0 Å². The van der Waals surface area contributed by atoms with E-state index in [0.717, 1.165) is 0 Å². The number of anilines is 1. The number of piperidine rings is 1. The summed E-state index contributed by atoms with van der Waals surface area (Å²) in [6.07, 6.45) is 2.52. The summed E-state index contributed by atoms with van der Waals surface area (Å²) in [5.41, 5.74) is 0.372. The first-order chi connectivity index (χ1) is 14.0. The number of carbonyl (C=O) groups is 2. The number of rotatable bonds is 4. The van der Waals surface area contributed by atoms with Crippen LogP contribution in [-0.4, -0.2) is 44.5 Å². The lowest BCUT2D eigenvalue weighted by atomic mass is 9.96. The van der Waals surface area contributed by atoms with Crippen molar-refractivity contribution in [3.8, 4) is 0 Å². The third-order valence-corrected chi connectivity index (χ3v) is 5.13. The van der Waals surface area contributed by atoms with Crippen molar-refractivity contribution in [3.05, 3.63) is 52.8 Å². The number of likely N-dealkylation sites (tertiary alicyclic amines) is 1. The van der Waals surface area contributed by atoms with Gasteiger partial charge in [0.05, 0.1) is 17.2 Å². The quantitative estimate of drug-likeness (QED) is 0.718. The van der Waals surface area contributed by atoms with Crippen molar-refractivity contribution in [2.24, 2.45) is 5.92 Å². The van der Waals surface area contributed by atoms with Gasteiger partial charge in [-0.05, 0) is 31.9 Å². The summed E-state index contributed by atoms with van der Waals surface area (Å²) in [5.74, 6) is 0.546. The van der Waals surface area contributed by atoms with E-state index in [1.165, 1.54) is 10.9 Å². The third kappa shape index (κ3) is 4.03. The molecule has 150 valence electrons. The van der Waals surface area contributed by atoms with Crippen LogP contribution in [0.15, 0.2) is 46.0 Å². The highest BCUT2D eigenvalue weighted by molar-refractivity contribution is 5.91. The summed E-state index contributed by atoms with van der Waals surface area (Å²) in [4.78, 5) is 43.5. The summed E-state index contributed by atoms with van der Waals surface area (Å²) in [6, 6.07) is 8.71. The van der Waals surface area contributed by atoms with Crippen molar-refractivity contribution in [1.82, 2.24) is 19.6 Å². The van der Waals surface area contributed by atoms with Gasteiger partial charge in [0.25, 0.3) is 5.56 Å². The average molecular weight is 395 g/mol. The Bertz CT molecular complexity index is 1110. The summed E-state index contributed by atoms with van der Waals surface area (Å²) >= 11 is 0. The van der Waals surface area contributed by atoms with E-state index in [-0.39, 0.29) is 29.8 Å². The van der Waals surface area contributed by atoms with E-state index in [4.69, 9.17) is 4.52 Å². The number of hydrogen-bond donors (Lipinski definition) is 1. The Kier molecular flexibility index (Phi) is 5.11. The van der Waals surface area contributed by atoms with E-state index in [0.29, 0.717) is 48.4 Å². The van der Waals surface area contributed by atoms with Crippen molar-refractivity contribution < 1.29 is 14.1 Å². The Hall–Kier alpha value is -3.49. The fraction of sp³-hybridized carbons (Fsp3) is 0.350. The molecule has 1 fully saturated rings. The number of fused-ring (bicyclic) bond motifs is 1. The number of benzene rings is 1. The highest BCUT2D eigenvalue weighted by Crippen LogP contribution is 2.20. The SMILES string of the molecule is Cc1cc(NC(=O)C2CCN(C(=O)Cn3cnc4ccccc4c3=O)CC2)no1. The molecule has 9 heteroatoms. The Balaban J connectivity index is 1.35. The normalized spacial score (nSPS) is 14.9. The van der Waals surface area contributed by atoms with E-state index in [1.54, 1.807) is 36.1 Å². The van der Waals surface area contributed by atoms with Gasteiger partial charge in [0.15, 0.2) is 5.82 Å². The average Bonchev–Trinajstić information content (AvgIpc) is 3.15. The first-order valence-corrected chi connectivity index (χ1v) is 9.47. The van der Waals surface area contributed by atoms with Crippen LogP contribution >= 0.6 is 0 Å². The van der Waals surface area contributed by atoms with Gasteiger partial charge in [-0.15, -0.1) is 0 Å². The molecule has 2 amide bonds. The molecular weight excluding hydrogens is 374 g/mol. The molecule has 2 aromatic heterocycles. The van der Waals surface area contributed by atoms with Gasteiger partial charge in [0.1, 0.15) is 12.3 Å². The molecule has 0 bridgehead atoms. The van der Waals surface area contributed by atoms with E-state index in [1.807, 2.05) is 6.07 Å². The monoisotopic (exact) mass is 395 g/mol. The van der Waals surface area contributed by atoms with Gasteiger partial charge in [-0.25, -0.2) is 4.98 Å². The van der Waals surface area contributed by atoms with Gasteiger partial charge in [-0.2, -0.15) is 0 Å². The number of nitrogens with zero attached hydrogens (tertiary/aromatic N) is 4. The van der Waals surface area contributed by atoms with Crippen LogP contribution in [0.2, 0.25) is 0 Å². The number of hydrogen-bond acceptors (Lipinski definition) is 6. The minimum Gasteiger partial charge on any atom is -0.360 e. The molecule has 4 rings (SSSR count). The Morgan fingerprint density at radius 1 is 1.24 bits per heavy atom. The lowest BCUT2D eigenvalue weighted by molar-refractivity contribution is -0.135. The topological polar surface area (TPSA) is 110 Å². The second-order valence-electron chi connectivity index (χ2n) is 7.16. The molecule has 29 heavy (non-hydrogen) atoms. The third-order valence-electron chi connectivity index (χ3n) is 5.13. The maximum atomic E-state index is 12.6. The highest BCUT2D eigenvalue weighted by Gasteiger charge is 2.28. The van der Waals surface area contributed by atoms with Crippen LogP contribution in [0.25, 0.3) is 10.9 Å². The molecule has 0 unspecified atom stereocenters. The molecule has 0 radical (unpaired) electrons. The molecule has 0 atom stereocenters. The summed E-state index contributed by atoms with van der Waals surface area (Å²) < 4.78 is 6.27. The van der Waals surface area contributed by atoms with Crippen molar-refractivity contribution >= 4 is 28.5 Å². The van der Waals surface area contributed by atoms with E-state index in [9.17, 15) is 14.4 Å². The van der Waals surface area contributed by atoms with Crippen LogP contribution < -0.4 is 10.9 Å². The smallest absolute Gasteiger partial charge is 0.261 e. The predicted octanol–water partition coefficient (Wildman–Crippen LogP) is 1.57. The molecule has 9 nitrogen and oxygen atoms in total. The van der Waals surface area contributed by atoms with Crippen LogP contribution in [0.1, 0.15) is 18.6 Å². The van der Waals surface area contributed by atoms with Crippen LogP contribution in [0.5, 0.6) is 0 Å². The highest BCUT2D eigenvalue weighted by atomic mass is 16.5. The maximum Gasteiger partial charge on any atom is 0.261 e. The molecule has 3 heterocycles. The van der Waals surface area contributed by atoms with Gasteiger partial charge < -0.3 is 14.7 Å². The second-order valence-corrected chi connectivity index (χ2v) is 7.16. The van der Waals surface area contributed by atoms with Crippen LogP contribution in [0.4, 0.5) is 5.82 Å². The number of amides is 2. The van der Waals surface area contributed by atoms with E-state index < -0.39 is 0 Å². The van der Waals surface area contributed by atoms with Crippen molar-refractivity contribution in [2.45, 2.75) is 26.3 Å². The fourth-order valence-corrected chi connectivity index (χ4v) is 3.51. The molecule has 1 aliphatic heterocycles. The minimum absolute atomic E-state index is 0.0637. The molecule has 0 aliphatic carbocycles. The fourth-order valence-electron chi connectivity index (χ4n) is 3.51. The van der Waals surface area contributed by atoms with Gasteiger partial charge >= 0.3 is 0 Å². The zero-order valence-electron chi connectivity index (χ0n) is 16.0. The number of carbonyl (C=O) groups excluding carboxylic acids is 2. The number of nitrogens with one attached hydrogen (secondary N) is 1.